The number of rotatable bonds is 4. The van der Waals surface area contributed by atoms with Crippen molar-refractivity contribution < 1.29 is 15.0 Å². The lowest BCUT2D eigenvalue weighted by Gasteiger charge is -2.19. The van der Waals surface area contributed by atoms with Crippen LogP contribution in [0.3, 0.4) is 0 Å². The first kappa shape index (κ1) is 10.4. The van der Waals surface area contributed by atoms with Crippen LogP contribution in [0.2, 0.25) is 0 Å². The largest absolute Gasteiger partial charge is 0.481 e. The predicted molar refractivity (Wildman–Crippen MR) is 42.3 cm³/mol. The van der Waals surface area contributed by atoms with Crippen LogP contribution in [0.25, 0.3) is 0 Å². The monoisotopic (exact) mass is 160 g/mol. The van der Waals surface area contributed by atoms with Crippen LogP contribution in [-0.4, -0.2) is 22.3 Å². The Hall–Kier alpha value is -0.570. The Labute approximate surface area is 67.0 Å². The van der Waals surface area contributed by atoms with Gasteiger partial charge >= 0.3 is 5.97 Å². The molecule has 0 fully saturated rings. The van der Waals surface area contributed by atoms with Crippen LogP contribution >= 0.6 is 0 Å². The number of carboxylic acid groups (broad SMARTS) is 1. The summed E-state index contributed by atoms with van der Waals surface area (Å²) in [5.74, 6) is -0.807. The van der Waals surface area contributed by atoms with Crippen LogP contribution in [0.4, 0.5) is 0 Å². The Bertz CT molecular complexity index is 138. The highest BCUT2D eigenvalue weighted by molar-refractivity contribution is 5.73. The van der Waals surface area contributed by atoms with E-state index in [9.17, 15) is 4.79 Å². The molecular formula is C8H16O3. The Morgan fingerprint density at radius 3 is 2.27 bits per heavy atom. The van der Waals surface area contributed by atoms with Gasteiger partial charge in [0.05, 0.1) is 11.5 Å². The summed E-state index contributed by atoms with van der Waals surface area (Å²) in [4.78, 5) is 10.6. The summed E-state index contributed by atoms with van der Waals surface area (Å²) in [6.07, 6.45) is 0.646. The van der Waals surface area contributed by atoms with Gasteiger partial charge in [-0.05, 0) is 33.6 Å². The average molecular weight is 160 g/mol. The third-order valence-corrected chi connectivity index (χ3v) is 1.77. The fourth-order valence-electron chi connectivity index (χ4n) is 0.677. The van der Waals surface area contributed by atoms with Gasteiger partial charge in [-0.3, -0.25) is 4.79 Å². The van der Waals surface area contributed by atoms with E-state index in [-0.39, 0.29) is 0 Å². The lowest BCUT2D eigenvalue weighted by atomic mass is 9.87. The molecule has 0 saturated carbocycles. The molecule has 2 N–H and O–H groups in total. The summed E-state index contributed by atoms with van der Waals surface area (Å²) in [6, 6.07) is 0. The van der Waals surface area contributed by atoms with E-state index in [1.165, 1.54) is 0 Å². The molecule has 1 atom stereocenters. The molecule has 0 rings (SSSR count). The Balaban J connectivity index is 3.83. The van der Waals surface area contributed by atoms with Crippen molar-refractivity contribution in [3.8, 4) is 0 Å². The molecule has 0 aromatic rings. The van der Waals surface area contributed by atoms with Gasteiger partial charge in [-0.25, -0.2) is 0 Å². The highest BCUT2D eigenvalue weighted by Crippen LogP contribution is 2.22. The second kappa shape index (κ2) is 3.72. The normalized spacial score (nSPS) is 14.5. The maximum atomic E-state index is 10.6. The van der Waals surface area contributed by atoms with E-state index < -0.39 is 17.5 Å². The third kappa shape index (κ3) is 3.98. The maximum Gasteiger partial charge on any atom is 0.309 e. The lowest BCUT2D eigenvalue weighted by molar-refractivity contribution is -0.147. The van der Waals surface area contributed by atoms with Gasteiger partial charge < -0.3 is 10.2 Å². The van der Waals surface area contributed by atoms with Crippen LogP contribution < -0.4 is 0 Å². The molecular weight excluding hydrogens is 144 g/mol. The maximum absolute atomic E-state index is 10.6. The minimum Gasteiger partial charge on any atom is -0.481 e. The number of carboxylic acids is 1. The van der Waals surface area contributed by atoms with Crippen LogP contribution in [0.1, 0.15) is 33.6 Å². The molecule has 0 saturated heterocycles. The van der Waals surface area contributed by atoms with Gasteiger partial charge in [0.25, 0.3) is 0 Å². The van der Waals surface area contributed by atoms with Crippen LogP contribution in [-0.2, 0) is 4.79 Å². The number of aliphatic hydroxyl groups is 1. The highest BCUT2D eigenvalue weighted by atomic mass is 16.4. The molecule has 0 aromatic carbocycles. The summed E-state index contributed by atoms with van der Waals surface area (Å²) >= 11 is 0. The Kier molecular flexibility index (Phi) is 3.52. The molecule has 1 unspecified atom stereocenters. The first-order valence-electron chi connectivity index (χ1n) is 3.78. The number of hydrogen-bond acceptors (Lipinski definition) is 2. The first-order chi connectivity index (χ1) is 4.86. The smallest absolute Gasteiger partial charge is 0.309 e. The zero-order chi connectivity index (χ0) is 9.07. The van der Waals surface area contributed by atoms with Gasteiger partial charge in [-0.2, -0.15) is 0 Å². The number of aliphatic carboxylic acids is 1. The van der Waals surface area contributed by atoms with Crippen molar-refractivity contribution in [2.24, 2.45) is 5.41 Å². The molecule has 3 nitrogen and oxygen atoms in total. The van der Waals surface area contributed by atoms with E-state index in [1.54, 1.807) is 20.8 Å². The zero-order valence-electron chi connectivity index (χ0n) is 7.29. The predicted octanol–water partition coefficient (Wildman–Crippen LogP) is 1.26. The van der Waals surface area contributed by atoms with Crippen molar-refractivity contribution in [3.05, 3.63) is 0 Å². The summed E-state index contributed by atoms with van der Waals surface area (Å²) < 4.78 is 0. The van der Waals surface area contributed by atoms with Crippen LogP contribution in [0, 0.1) is 5.41 Å². The van der Waals surface area contributed by atoms with Crippen LogP contribution in [0.5, 0.6) is 0 Å². The van der Waals surface area contributed by atoms with Crippen molar-refractivity contribution >= 4 is 5.97 Å². The topological polar surface area (TPSA) is 57.5 Å². The van der Waals surface area contributed by atoms with E-state index in [4.69, 9.17) is 10.2 Å². The summed E-state index contributed by atoms with van der Waals surface area (Å²) in [5.41, 5.74) is -0.711. The molecule has 0 aromatic heterocycles. The Morgan fingerprint density at radius 2 is 2.00 bits per heavy atom. The van der Waals surface area contributed by atoms with E-state index in [0.29, 0.717) is 12.8 Å². The minimum atomic E-state index is -0.807. The molecule has 0 bridgehead atoms. The third-order valence-electron chi connectivity index (χ3n) is 1.77. The zero-order valence-corrected chi connectivity index (χ0v) is 7.29. The number of aliphatic hydroxyl groups excluding tert-OH is 1. The van der Waals surface area contributed by atoms with Crippen molar-refractivity contribution in [2.75, 3.05) is 0 Å². The molecule has 0 aliphatic rings. The van der Waals surface area contributed by atoms with Crippen LogP contribution in [0.15, 0.2) is 0 Å². The second-order valence-corrected chi connectivity index (χ2v) is 3.58. The summed E-state index contributed by atoms with van der Waals surface area (Å²) in [7, 11) is 0. The average Bonchev–Trinajstić information content (AvgIpc) is 1.84. The van der Waals surface area contributed by atoms with Crippen molar-refractivity contribution in [1.29, 1.82) is 0 Å². The SMILES string of the molecule is CC(O)CCC(C)(C)C(=O)O. The fraction of sp³-hybridized carbons (Fsp3) is 0.875. The van der Waals surface area contributed by atoms with Gasteiger partial charge in [0.1, 0.15) is 0 Å². The summed E-state index contributed by atoms with van der Waals surface area (Å²) in [5, 5.41) is 17.6. The summed E-state index contributed by atoms with van der Waals surface area (Å²) in [6.45, 7) is 4.99. The van der Waals surface area contributed by atoms with Crippen molar-refractivity contribution in [1.82, 2.24) is 0 Å². The molecule has 0 radical (unpaired) electrons. The molecule has 3 heteroatoms. The molecule has 0 aliphatic heterocycles. The van der Waals surface area contributed by atoms with Gasteiger partial charge in [0.2, 0.25) is 0 Å². The molecule has 0 heterocycles. The molecule has 0 spiro atoms. The molecule has 0 amide bonds. The van der Waals surface area contributed by atoms with Crippen molar-refractivity contribution in [2.45, 2.75) is 39.7 Å². The van der Waals surface area contributed by atoms with E-state index in [1.807, 2.05) is 0 Å². The van der Waals surface area contributed by atoms with E-state index in [0.717, 1.165) is 0 Å². The minimum absolute atomic E-state index is 0.409. The van der Waals surface area contributed by atoms with Gasteiger partial charge in [-0.15, -0.1) is 0 Å². The quantitative estimate of drug-likeness (QED) is 0.651. The van der Waals surface area contributed by atoms with E-state index >= 15 is 0 Å². The van der Waals surface area contributed by atoms with Gasteiger partial charge in [0.15, 0.2) is 0 Å². The fourth-order valence-corrected chi connectivity index (χ4v) is 0.677. The van der Waals surface area contributed by atoms with Crippen molar-refractivity contribution in [3.63, 3.8) is 0 Å². The number of carbonyl (C=O) groups is 1. The standard InChI is InChI=1S/C8H16O3/c1-6(9)4-5-8(2,3)7(10)11/h6,9H,4-5H2,1-3H3,(H,10,11). The molecule has 0 aliphatic carbocycles. The number of hydrogen-bond donors (Lipinski definition) is 2. The van der Waals surface area contributed by atoms with Gasteiger partial charge in [0, 0.05) is 0 Å². The molecule has 66 valence electrons. The van der Waals surface area contributed by atoms with E-state index in [2.05, 4.69) is 0 Å². The van der Waals surface area contributed by atoms with Gasteiger partial charge in [-0.1, -0.05) is 0 Å². The Morgan fingerprint density at radius 1 is 1.55 bits per heavy atom. The first-order valence-corrected chi connectivity index (χ1v) is 3.78. The highest BCUT2D eigenvalue weighted by Gasteiger charge is 2.26. The lowest BCUT2D eigenvalue weighted by Crippen LogP contribution is -2.24. The second-order valence-electron chi connectivity index (χ2n) is 3.58. The molecule has 11 heavy (non-hydrogen) atoms.